The van der Waals surface area contributed by atoms with E-state index in [9.17, 15) is 0 Å². The second-order valence-electron chi connectivity index (χ2n) is 3.59. The standard InChI is InChI=1S/C10H14N6/c1-7-3-4-9(15-14-7)12-5-8-6-13-16(2)10(8)11/h3-4,6H,5,11H2,1-2H3,(H,12,15). The Bertz CT molecular complexity index is 473. The van der Waals surface area contributed by atoms with Crippen LogP contribution >= 0.6 is 0 Å². The van der Waals surface area contributed by atoms with Gasteiger partial charge in [0, 0.05) is 19.2 Å². The second-order valence-corrected chi connectivity index (χ2v) is 3.59. The fourth-order valence-electron chi connectivity index (χ4n) is 1.31. The maximum atomic E-state index is 5.82. The number of anilines is 2. The third kappa shape index (κ3) is 2.10. The van der Waals surface area contributed by atoms with Crippen molar-refractivity contribution in [1.82, 2.24) is 20.0 Å². The van der Waals surface area contributed by atoms with E-state index in [0.29, 0.717) is 12.4 Å². The first-order valence-corrected chi connectivity index (χ1v) is 4.97. The molecule has 0 saturated carbocycles. The van der Waals surface area contributed by atoms with Crippen molar-refractivity contribution in [2.24, 2.45) is 7.05 Å². The van der Waals surface area contributed by atoms with Crippen molar-refractivity contribution in [2.75, 3.05) is 11.1 Å². The van der Waals surface area contributed by atoms with Crippen molar-refractivity contribution < 1.29 is 0 Å². The van der Waals surface area contributed by atoms with Gasteiger partial charge in [-0.25, -0.2) is 0 Å². The maximum Gasteiger partial charge on any atom is 0.148 e. The lowest BCUT2D eigenvalue weighted by molar-refractivity contribution is 0.778. The highest BCUT2D eigenvalue weighted by atomic mass is 15.3. The third-order valence-corrected chi connectivity index (χ3v) is 2.32. The third-order valence-electron chi connectivity index (χ3n) is 2.32. The molecule has 0 radical (unpaired) electrons. The van der Waals surface area contributed by atoms with Gasteiger partial charge in [0.25, 0.3) is 0 Å². The molecule has 0 fully saturated rings. The molecule has 6 nitrogen and oxygen atoms in total. The van der Waals surface area contributed by atoms with Crippen LogP contribution in [0.3, 0.4) is 0 Å². The van der Waals surface area contributed by atoms with Crippen LogP contribution in [-0.2, 0) is 13.6 Å². The fraction of sp³-hybridized carbons (Fsp3) is 0.300. The molecular weight excluding hydrogens is 204 g/mol. The van der Waals surface area contributed by atoms with Gasteiger partial charge in [0.15, 0.2) is 0 Å². The van der Waals surface area contributed by atoms with Crippen LogP contribution in [0.25, 0.3) is 0 Å². The van der Waals surface area contributed by atoms with Gasteiger partial charge in [0.05, 0.1) is 11.9 Å². The van der Waals surface area contributed by atoms with Crippen LogP contribution < -0.4 is 11.1 Å². The molecular formula is C10H14N6. The van der Waals surface area contributed by atoms with E-state index in [0.717, 1.165) is 17.1 Å². The fourth-order valence-corrected chi connectivity index (χ4v) is 1.31. The Labute approximate surface area is 93.5 Å². The molecule has 3 N–H and O–H groups in total. The Kier molecular flexibility index (Phi) is 2.72. The summed E-state index contributed by atoms with van der Waals surface area (Å²) in [5.41, 5.74) is 7.66. The Morgan fingerprint density at radius 1 is 1.38 bits per heavy atom. The molecule has 0 bridgehead atoms. The average molecular weight is 218 g/mol. The molecule has 0 aromatic carbocycles. The highest BCUT2D eigenvalue weighted by Crippen LogP contribution is 2.11. The van der Waals surface area contributed by atoms with Gasteiger partial charge in [-0.2, -0.15) is 10.2 Å². The molecule has 6 heteroatoms. The number of rotatable bonds is 3. The van der Waals surface area contributed by atoms with E-state index in [1.165, 1.54) is 0 Å². The summed E-state index contributed by atoms with van der Waals surface area (Å²) < 4.78 is 1.64. The summed E-state index contributed by atoms with van der Waals surface area (Å²) in [6, 6.07) is 3.79. The van der Waals surface area contributed by atoms with Crippen LogP contribution in [0.2, 0.25) is 0 Å². The van der Waals surface area contributed by atoms with Gasteiger partial charge >= 0.3 is 0 Å². The van der Waals surface area contributed by atoms with Crippen LogP contribution in [0.4, 0.5) is 11.6 Å². The number of nitrogens with zero attached hydrogens (tertiary/aromatic N) is 4. The quantitative estimate of drug-likeness (QED) is 0.793. The van der Waals surface area contributed by atoms with E-state index in [-0.39, 0.29) is 0 Å². The van der Waals surface area contributed by atoms with E-state index < -0.39 is 0 Å². The van der Waals surface area contributed by atoms with Crippen LogP contribution in [-0.4, -0.2) is 20.0 Å². The van der Waals surface area contributed by atoms with Gasteiger partial charge < -0.3 is 11.1 Å². The molecule has 0 aliphatic carbocycles. The minimum absolute atomic E-state index is 0.595. The van der Waals surface area contributed by atoms with Crippen molar-refractivity contribution in [3.63, 3.8) is 0 Å². The van der Waals surface area contributed by atoms with Gasteiger partial charge in [-0.3, -0.25) is 4.68 Å². The Balaban J connectivity index is 2.02. The zero-order valence-electron chi connectivity index (χ0n) is 9.31. The maximum absolute atomic E-state index is 5.82. The molecule has 0 saturated heterocycles. The molecule has 0 atom stereocenters. The highest BCUT2D eigenvalue weighted by molar-refractivity contribution is 5.42. The summed E-state index contributed by atoms with van der Waals surface area (Å²) in [5, 5.41) is 15.1. The Hall–Kier alpha value is -2.11. The van der Waals surface area contributed by atoms with Crippen molar-refractivity contribution in [2.45, 2.75) is 13.5 Å². The van der Waals surface area contributed by atoms with Crippen LogP contribution in [0.1, 0.15) is 11.3 Å². The summed E-state index contributed by atoms with van der Waals surface area (Å²) in [6.07, 6.45) is 1.74. The number of aryl methyl sites for hydroxylation is 2. The van der Waals surface area contributed by atoms with E-state index in [1.807, 2.05) is 26.1 Å². The highest BCUT2D eigenvalue weighted by Gasteiger charge is 2.04. The molecule has 16 heavy (non-hydrogen) atoms. The molecule has 2 aromatic rings. The van der Waals surface area contributed by atoms with Gasteiger partial charge in [-0.1, -0.05) is 0 Å². The lowest BCUT2D eigenvalue weighted by atomic mass is 10.3. The number of nitrogens with two attached hydrogens (primary N) is 1. The molecule has 0 aliphatic heterocycles. The summed E-state index contributed by atoms with van der Waals surface area (Å²) in [5.74, 6) is 1.39. The first-order valence-electron chi connectivity index (χ1n) is 4.97. The first kappa shape index (κ1) is 10.4. The second kappa shape index (κ2) is 4.18. The number of nitrogen functional groups attached to an aromatic ring is 1. The van der Waals surface area contributed by atoms with Gasteiger partial charge in [0.2, 0.25) is 0 Å². The smallest absolute Gasteiger partial charge is 0.148 e. The summed E-state index contributed by atoms with van der Waals surface area (Å²) in [7, 11) is 1.81. The molecule has 0 unspecified atom stereocenters. The average Bonchev–Trinajstić information content (AvgIpc) is 2.60. The van der Waals surface area contributed by atoms with E-state index >= 15 is 0 Å². The summed E-state index contributed by atoms with van der Waals surface area (Å²) in [4.78, 5) is 0. The molecule has 0 spiro atoms. The SMILES string of the molecule is Cc1ccc(NCc2cnn(C)c2N)nn1. The van der Waals surface area contributed by atoms with Crippen LogP contribution in [0.5, 0.6) is 0 Å². The molecule has 0 aliphatic rings. The van der Waals surface area contributed by atoms with Crippen molar-refractivity contribution in [3.8, 4) is 0 Å². The van der Waals surface area contributed by atoms with Crippen LogP contribution in [0, 0.1) is 6.92 Å². The molecule has 0 amide bonds. The summed E-state index contributed by atoms with van der Waals surface area (Å²) in [6.45, 7) is 2.49. The largest absolute Gasteiger partial charge is 0.384 e. The first-order chi connectivity index (χ1) is 7.66. The Morgan fingerprint density at radius 2 is 2.19 bits per heavy atom. The monoisotopic (exact) mass is 218 g/mol. The predicted octanol–water partition coefficient (Wildman–Crippen LogP) is 0.713. The van der Waals surface area contributed by atoms with Gasteiger partial charge in [0.1, 0.15) is 11.6 Å². The Morgan fingerprint density at radius 3 is 2.75 bits per heavy atom. The molecule has 84 valence electrons. The van der Waals surface area contributed by atoms with E-state index in [2.05, 4.69) is 20.6 Å². The van der Waals surface area contributed by atoms with Gasteiger partial charge in [-0.15, -0.1) is 5.10 Å². The lowest BCUT2D eigenvalue weighted by Gasteiger charge is -2.04. The van der Waals surface area contributed by atoms with Crippen molar-refractivity contribution >= 4 is 11.6 Å². The number of hydrogen-bond donors (Lipinski definition) is 2. The summed E-state index contributed by atoms with van der Waals surface area (Å²) >= 11 is 0. The zero-order chi connectivity index (χ0) is 11.5. The molecule has 2 aromatic heterocycles. The lowest BCUT2D eigenvalue weighted by Crippen LogP contribution is -2.05. The van der Waals surface area contributed by atoms with Crippen LogP contribution in [0.15, 0.2) is 18.3 Å². The number of aromatic nitrogens is 4. The zero-order valence-corrected chi connectivity index (χ0v) is 9.31. The van der Waals surface area contributed by atoms with Crippen molar-refractivity contribution in [1.29, 1.82) is 0 Å². The topological polar surface area (TPSA) is 81.7 Å². The minimum Gasteiger partial charge on any atom is -0.384 e. The molecule has 2 heterocycles. The van der Waals surface area contributed by atoms with E-state index in [4.69, 9.17) is 5.73 Å². The van der Waals surface area contributed by atoms with Crippen molar-refractivity contribution in [3.05, 3.63) is 29.6 Å². The van der Waals surface area contributed by atoms with Gasteiger partial charge in [-0.05, 0) is 19.1 Å². The predicted molar refractivity (Wildman–Crippen MR) is 61.7 cm³/mol. The number of hydrogen-bond acceptors (Lipinski definition) is 5. The number of nitrogens with one attached hydrogen (secondary N) is 1. The van der Waals surface area contributed by atoms with E-state index in [1.54, 1.807) is 10.9 Å². The molecule has 2 rings (SSSR count). The normalized spacial score (nSPS) is 10.4. The minimum atomic E-state index is 0.595.